The number of halogens is 1. The van der Waals surface area contributed by atoms with Gasteiger partial charge in [-0.2, -0.15) is 0 Å². The van der Waals surface area contributed by atoms with Crippen molar-refractivity contribution in [2.45, 2.75) is 0 Å². The largest absolute Gasteiger partial charge is 0.361 e. The molecule has 1 aromatic heterocycles. The van der Waals surface area contributed by atoms with Gasteiger partial charge in [-0.05, 0) is 59.5 Å². The van der Waals surface area contributed by atoms with Gasteiger partial charge >= 0.3 is 0 Å². The fourth-order valence-electron chi connectivity index (χ4n) is 2.99. The number of hydrogen-bond donors (Lipinski definition) is 3. The molecule has 0 aliphatic rings. The van der Waals surface area contributed by atoms with Crippen LogP contribution in [0.3, 0.4) is 0 Å². The van der Waals surface area contributed by atoms with E-state index >= 15 is 0 Å². The summed E-state index contributed by atoms with van der Waals surface area (Å²) in [6.45, 7) is 0. The monoisotopic (exact) mass is 399 g/mol. The standard InChI is InChI=1S/C24H18FN3O2/c25-19-9-6-16(7-10-19)14-22(28-23(29)18-4-2-1-3-5-18)24(30)27-20-11-8-17-12-13-26-21(17)15-20/h1-15,26H,(H,27,30)(H,28,29)/b22-14+. The lowest BCUT2D eigenvalue weighted by Gasteiger charge is -2.11. The van der Waals surface area contributed by atoms with Crippen LogP contribution in [-0.4, -0.2) is 16.8 Å². The first-order chi connectivity index (χ1) is 14.6. The van der Waals surface area contributed by atoms with Crippen LogP contribution in [0, 0.1) is 5.82 Å². The molecule has 2 amide bonds. The van der Waals surface area contributed by atoms with Gasteiger partial charge in [0.05, 0.1) is 0 Å². The summed E-state index contributed by atoms with van der Waals surface area (Å²) >= 11 is 0. The molecule has 30 heavy (non-hydrogen) atoms. The van der Waals surface area contributed by atoms with Crippen LogP contribution >= 0.6 is 0 Å². The Morgan fingerprint density at radius 2 is 1.67 bits per heavy atom. The van der Waals surface area contributed by atoms with Gasteiger partial charge < -0.3 is 15.6 Å². The highest BCUT2D eigenvalue weighted by Gasteiger charge is 2.15. The molecule has 0 atom stereocenters. The van der Waals surface area contributed by atoms with Crippen molar-refractivity contribution >= 4 is 34.5 Å². The summed E-state index contributed by atoms with van der Waals surface area (Å²) in [5.74, 6) is -1.29. The average Bonchev–Trinajstić information content (AvgIpc) is 3.23. The van der Waals surface area contributed by atoms with Crippen LogP contribution in [0.1, 0.15) is 15.9 Å². The molecule has 0 saturated heterocycles. The second-order valence-electron chi connectivity index (χ2n) is 6.66. The molecule has 0 bridgehead atoms. The lowest BCUT2D eigenvalue weighted by molar-refractivity contribution is -0.113. The third kappa shape index (κ3) is 4.44. The van der Waals surface area contributed by atoms with Crippen molar-refractivity contribution in [3.05, 3.63) is 108 Å². The van der Waals surface area contributed by atoms with Crippen molar-refractivity contribution in [2.75, 3.05) is 5.32 Å². The molecular formula is C24H18FN3O2. The van der Waals surface area contributed by atoms with E-state index < -0.39 is 11.8 Å². The molecule has 4 aromatic rings. The minimum atomic E-state index is -0.491. The van der Waals surface area contributed by atoms with Gasteiger partial charge in [-0.1, -0.05) is 36.4 Å². The molecular weight excluding hydrogens is 381 g/mol. The number of carbonyl (C=O) groups excluding carboxylic acids is 2. The normalized spacial score (nSPS) is 11.3. The van der Waals surface area contributed by atoms with Crippen molar-refractivity contribution in [3.63, 3.8) is 0 Å². The van der Waals surface area contributed by atoms with Crippen LogP contribution in [0.25, 0.3) is 17.0 Å². The van der Waals surface area contributed by atoms with Crippen LogP contribution in [-0.2, 0) is 4.79 Å². The zero-order chi connectivity index (χ0) is 20.9. The van der Waals surface area contributed by atoms with E-state index in [1.165, 1.54) is 30.3 Å². The Kier molecular flexibility index (Phi) is 5.39. The molecule has 0 aliphatic heterocycles. The Hall–Kier alpha value is -4.19. The van der Waals surface area contributed by atoms with Crippen LogP contribution in [0.15, 0.2) is 90.8 Å². The van der Waals surface area contributed by atoms with Crippen LogP contribution in [0.2, 0.25) is 0 Å². The van der Waals surface area contributed by atoms with Crippen molar-refractivity contribution in [2.24, 2.45) is 0 Å². The Labute approximate surface area is 172 Å². The molecule has 4 rings (SSSR count). The van der Waals surface area contributed by atoms with E-state index in [1.807, 2.05) is 24.4 Å². The van der Waals surface area contributed by atoms with Crippen molar-refractivity contribution in [1.29, 1.82) is 0 Å². The fraction of sp³-hybridized carbons (Fsp3) is 0. The Morgan fingerprint density at radius 3 is 2.43 bits per heavy atom. The van der Waals surface area contributed by atoms with Crippen molar-refractivity contribution in [3.8, 4) is 0 Å². The van der Waals surface area contributed by atoms with Gasteiger partial charge in [-0.25, -0.2) is 4.39 Å². The molecule has 0 unspecified atom stereocenters. The number of rotatable bonds is 5. The van der Waals surface area contributed by atoms with Gasteiger partial charge in [0.15, 0.2) is 0 Å². The van der Waals surface area contributed by atoms with Crippen LogP contribution in [0.4, 0.5) is 10.1 Å². The van der Waals surface area contributed by atoms with Gasteiger partial charge in [0.25, 0.3) is 11.8 Å². The molecule has 5 nitrogen and oxygen atoms in total. The minimum absolute atomic E-state index is 0.0436. The predicted molar refractivity (Wildman–Crippen MR) is 115 cm³/mol. The number of hydrogen-bond acceptors (Lipinski definition) is 2. The lowest BCUT2D eigenvalue weighted by atomic mass is 10.1. The van der Waals surface area contributed by atoms with Gasteiger partial charge in [0.2, 0.25) is 0 Å². The number of carbonyl (C=O) groups is 2. The summed E-state index contributed by atoms with van der Waals surface area (Å²) in [7, 11) is 0. The molecule has 6 heteroatoms. The molecule has 148 valence electrons. The third-order valence-electron chi connectivity index (χ3n) is 4.52. The highest BCUT2D eigenvalue weighted by Crippen LogP contribution is 2.18. The summed E-state index contributed by atoms with van der Waals surface area (Å²) in [6, 6.07) is 21.6. The molecule has 0 saturated carbocycles. The third-order valence-corrected chi connectivity index (χ3v) is 4.52. The van der Waals surface area contributed by atoms with E-state index in [2.05, 4.69) is 15.6 Å². The van der Waals surface area contributed by atoms with Crippen LogP contribution < -0.4 is 10.6 Å². The van der Waals surface area contributed by atoms with Gasteiger partial charge in [-0.3, -0.25) is 9.59 Å². The molecule has 1 heterocycles. The van der Waals surface area contributed by atoms with E-state index in [0.29, 0.717) is 16.8 Å². The summed E-state index contributed by atoms with van der Waals surface area (Å²) in [6.07, 6.45) is 3.32. The number of benzene rings is 3. The van der Waals surface area contributed by atoms with E-state index in [0.717, 1.165) is 10.9 Å². The van der Waals surface area contributed by atoms with Crippen LogP contribution in [0.5, 0.6) is 0 Å². The molecule has 0 radical (unpaired) electrons. The number of aromatic amines is 1. The average molecular weight is 399 g/mol. The van der Waals surface area contributed by atoms with E-state index in [-0.39, 0.29) is 11.5 Å². The number of fused-ring (bicyclic) bond motifs is 1. The Balaban J connectivity index is 1.61. The number of H-pyrrole nitrogens is 1. The lowest BCUT2D eigenvalue weighted by Crippen LogP contribution is -2.30. The topological polar surface area (TPSA) is 74.0 Å². The SMILES string of the molecule is O=C(Nc1ccc2cc[nH]c2c1)/C(=C\c1ccc(F)cc1)NC(=O)c1ccccc1. The summed E-state index contributed by atoms with van der Waals surface area (Å²) in [5, 5.41) is 6.47. The second-order valence-corrected chi connectivity index (χ2v) is 6.66. The number of amides is 2. The van der Waals surface area contributed by atoms with Gasteiger partial charge in [-0.15, -0.1) is 0 Å². The summed E-state index contributed by atoms with van der Waals surface area (Å²) in [4.78, 5) is 28.6. The number of anilines is 1. The molecule has 0 aliphatic carbocycles. The number of aromatic nitrogens is 1. The Morgan fingerprint density at radius 1 is 0.900 bits per heavy atom. The summed E-state index contributed by atoms with van der Waals surface area (Å²) < 4.78 is 13.2. The zero-order valence-electron chi connectivity index (χ0n) is 15.9. The van der Waals surface area contributed by atoms with E-state index in [9.17, 15) is 14.0 Å². The van der Waals surface area contributed by atoms with Crippen molar-refractivity contribution in [1.82, 2.24) is 10.3 Å². The number of nitrogens with one attached hydrogen (secondary N) is 3. The smallest absolute Gasteiger partial charge is 0.272 e. The Bertz CT molecular complexity index is 1230. The maximum absolute atomic E-state index is 13.2. The maximum atomic E-state index is 13.2. The maximum Gasteiger partial charge on any atom is 0.272 e. The van der Waals surface area contributed by atoms with Crippen molar-refractivity contribution < 1.29 is 14.0 Å². The van der Waals surface area contributed by atoms with E-state index in [1.54, 1.807) is 36.4 Å². The van der Waals surface area contributed by atoms with Gasteiger partial charge in [0.1, 0.15) is 11.5 Å². The minimum Gasteiger partial charge on any atom is -0.361 e. The highest BCUT2D eigenvalue weighted by molar-refractivity contribution is 6.11. The second kappa shape index (κ2) is 8.45. The first-order valence-electron chi connectivity index (χ1n) is 9.31. The first kappa shape index (κ1) is 19.1. The highest BCUT2D eigenvalue weighted by atomic mass is 19.1. The molecule has 0 spiro atoms. The fourth-order valence-corrected chi connectivity index (χ4v) is 2.99. The van der Waals surface area contributed by atoms with Gasteiger partial charge in [0, 0.05) is 23.0 Å². The summed E-state index contributed by atoms with van der Waals surface area (Å²) in [5.41, 5.74) is 2.50. The predicted octanol–water partition coefficient (Wildman–Crippen LogP) is 4.72. The first-order valence-corrected chi connectivity index (χ1v) is 9.31. The quantitative estimate of drug-likeness (QED) is 0.425. The molecule has 3 aromatic carbocycles. The molecule has 0 fully saturated rings. The zero-order valence-corrected chi connectivity index (χ0v) is 15.9. The van der Waals surface area contributed by atoms with E-state index in [4.69, 9.17) is 0 Å². The molecule has 3 N–H and O–H groups in total.